The minimum atomic E-state index is -3.69. The van der Waals surface area contributed by atoms with Gasteiger partial charge in [0.25, 0.3) is 0 Å². The van der Waals surface area contributed by atoms with Crippen molar-refractivity contribution in [2.24, 2.45) is 0 Å². The molecule has 3 heterocycles. The number of sulfone groups is 1. The molecule has 0 aliphatic carbocycles. The summed E-state index contributed by atoms with van der Waals surface area (Å²) in [6.07, 6.45) is 0. The fraction of sp³-hybridized carbons (Fsp3) is 0.267. The zero-order chi connectivity index (χ0) is 16.7. The molecule has 24 heavy (non-hydrogen) atoms. The summed E-state index contributed by atoms with van der Waals surface area (Å²) < 4.78 is 26.4. The van der Waals surface area contributed by atoms with Gasteiger partial charge in [-0.25, -0.2) is 8.42 Å². The monoisotopic (exact) mass is 382 g/mol. The van der Waals surface area contributed by atoms with Crippen molar-refractivity contribution in [1.82, 2.24) is 15.5 Å². The summed E-state index contributed by atoms with van der Waals surface area (Å²) in [7, 11) is -3.69. The third-order valence-electron chi connectivity index (χ3n) is 4.06. The van der Waals surface area contributed by atoms with E-state index in [1.165, 1.54) is 6.07 Å². The van der Waals surface area contributed by atoms with Crippen LogP contribution in [0.5, 0.6) is 0 Å². The van der Waals surface area contributed by atoms with Gasteiger partial charge < -0.3 is 10.2 Å². The number of piperazine rings is 1. The van der Waals surface area contributed by atoms with Gasteiger partial charge in [-0.3, -0.25) is 5.10 Å². The second kappa shape index (κ2) is 6.03. The number of H-pyrrole nitrogens is 1. The van der Waals surface area contributed by atoms with Gasteiger partial charge >= 0.3 is 0 Å². The standard InChI is InChI=1S/C15H15ClN4O2S2/c16-13-3-4-14(23-13)24(21,22)15-11-9-10(1-2-12(11)18-19-15)20-7-5-17-6-8-20/h1-4,9,17H,5-8H2,(H,18,19). The number of hydrogen-bond acceptors (Lipinski definition) is 6. The molecule has 6 nitrogen and oxygen atoms in total. The number of aromatic amines is 1. The maximum absolute atomic E-state index is 12.9. The Labute approximate surface area is 148 Å². The molecule has 1 fully saturated rings. The normalized spacial score (nSPS) is 16.0. The Balaban J connectivity index is 1.81. The lowest BCUT2D eigenvalue weighted by Gasteiger charge is -2.29. The van der Waals surface area contributed by atoms with Crippen LogP contribution >= 0.6 is 22.9 Å². The third-order valence-corrected chi connectivity index (χ3v) is 7.48. The number of anilines is 1. The van der Waals surface area contributed by atoms with E-state index in [9.17, 15) is 8.42 Å². The van der Waals surface area contributed by atoms with Gasteiger partial charge in [-0.2, -0.15) is 5.10 Å². The van der Waals surface area contributed by atoms with Gasteiger partial charge in [-0.15, -0.1) is 11.3 Å². The molecule has 1 aliphatic rings. The second-order valence-corrected chi connectivity index (χ2v) is 9.36. The molecule has 1 saturated heterocycles. The Morgan fingerprint density at radius 3 is 2.67 bits per heavy atom. The summed E-state index contributed by atoms with van der Waals surface area (Å²) in [6, 6.07) is 8.86. The van der Waals surface area contributed by atoms with Crippen molar-refractivity contribution in [2.75, 3.05) is 31.1 Å². The summed E-state index contributed by atoms with van der Waals surface area (Å²) in [6.45, 7) is 3.63. The van der Waals surface area contributed by atoms with Gasteiger partial charge in [0.2, 0.25) is 9.84 Å². The Morgan fingerprint density at radius 1 is 1.17 bits per heavy atom. The first-order valence-electron chi connectivity index (χ1n) is 7.50. The number of nitrogens with zero attached hydrogens (tertiary/aromatic N) is 2. The molecule has 4 rings (SSSR count). The highest BCUT2D eigenvalue weighted by molar-refractivity contribution is 7.93. The molecule has 9 heteroatoms. The van der Waals surface area contributed by atoms with E-state index in [0.29, 0.717) is 15.2 Å². The van der Waals surface area contributed by atoms with E-state index >= 15 is 0 Å². The molecule has 0 bridgehead atoms. The van der Waals surface area contributed by atoms with Gasteiger partial charge in [-0.05, 0) is 30.3 Å². The topological polar surface area (TPSA) is 78.1 Å². The minimum absolute atomic E-state index is 0.0491. The van der Waals surface area contributed by atoms with E-state index in [2.05, 4.69) is 20.4 Å². The number of hydrogen-bond donors (Lipinski definition) is 2. The van der Waals surface area contributed by atoms with Crippen LogP contribution in [0.2, 0.25) is 4.34 Å². The van der Waals surface area contributed by atoms with Crippen molar-refractivity contribution < 1.29 is 8.42 Å². The summed E-state index contributed by atoms with van der Waals surface area (Å²) in [5.74, 6) is 0. The van der Waals surface area contributed by atoms with E-state index in [4.69, 9.17) is 11.6 Å². The maximum atomic E-state index is 12.9. The summed E-state index contributed by atoms with van der Waals surface area (Å²) >= 11 is 6.92. The fourth-order valence-electron chi connectivity index (χ4n) is 2.84. The van der Waals surface area contributed by atoms with Gasteiger partial charge in [0.15, 0.2) is 5.03 Å². The van der Waals surface area contributed by atoms with Crippen molar-refractivity contribution in [3.8, 4) is 0 Å². The van der Waals surface area contributed by atoms with E-state index < -0.39 is 9.84 Å². The molecule has 0 spiro atoms. The maximum Gasteiger partial charge on any atom is 0.235 e. The second-order valence-electron chi connectivity index (χ2n) is 5.56. The van der Waals surface area contributed by atoms with Crippen LogP contribution in [0.4, 0.5) is 5.69 Å². The first-order valence-corrected chi connectivity index (χ1v) is 10.2. The molecule has 0 saturated carbocycles. The summed E-state index contributed by atoms with van der Waals surface area (Å²) in [5.41, 5.74) is 1.71. The van der Waals surface area contributed by atoms with Gasteiger partial charge in [0.1, 0.15) is 4.21 Å². The quantitative estimate of drug-likeness (QED) is 0.727. The van der Waals surface area contributed by atoms with Gasteiger partial charge in [0.05, 0.1) is 9.85 Å². The van der Waals surface area contributed by atoms with Crippen LogP contribution < -0.4 is 10.2 Å². The average molecular weight is 383 g/mol. The molecule has 1 aliphatic heterocycles. The van der Waals surface area contributed by atoms with Crippen LogP contribution in [0.25, 0.3) is 10.9 Å². The minimum Gasteiger partial charge on any atom is -0.369 e. The third kappa shape index (κ3) is 2.69. The Kier molecular flexibility index (Phi) is 4.00. The lowest BCUT2D eigenvalue weighted by atomic mass is 10.2. The highest BCUT2D eigenvalue weighted by atomic mass is 35.5. The highest BCUT2D eigenvalue weighted by Crippen LogP contribution is 2.33. The van der Waals surface area contributed by atoms with Crippen molar-refractivity contribution in [3.63, 3.8) is 0 Å². The molecule has 0 atom stereocenters. The molecule has 0 unspecified atom stereocenters. The number of rotatable bonds is 3. The number of benzene rings is 1. The van der Waals surface area contributed by atoms with Gasteiger partial charge in [0, 0.05) is 37.3 Å². The smallest absolute Gasteiger partial charge is 0.235 e. The van der Waals surface area contributed by atoms with E-state index in [0.717, 1.165) is 43.2 Å². The van der Waals surface area contributed by atoms with Crippen LogP contribution in [-0.4, -0.2) is 44.8 Å². The van der Waals surface area contributed by atoms with Crippen molar-refractivity contribution in [1.29, 1.82) is 0 Å². The predicted octanol–water partition coefficient (Wildman–Crippen LogP) is 2.52. The zero-order valence-electron chi connectivity index (χ0n) is 12.6. The molecule has 0 radical (unpaired) electrons. The first kappa shape index (κ1) is 15.9. The van der Waals surface area contributed by atoms with Crippen molar-refractivity contribution in [2.45, 2.75) is 9.24 Å². The largest absolute Gasteiger partial charge is 0.369 e. The fourth-order valence-corrected chi connectivity index (χ4v) is 5.76. The van der Waals surface area contributed by atoms with Crippen LogP contribution in [0.15, 0.2) is 39.6 Å². The number of nitrogens with one attached hydrogen (secondary N) is 2. The van der Waals surface area contributed by atoms with Crippen LogP contribution in [0.1, 0.15) is 0 Å². The number of thiophene rings is 1. The Morgan fingerprint density at radius 2 is 1.96 bits per heavy atom. The molecular formula is C15H15ClN4O2S2. The molecule has 2 N–H and O–H groups in total. The van der Waals surface area contributed by atoms with Crippen molar-refractivity contribution in [3.05, 3.63) is 34.7 Å². The summed E-state index contributed by atoms with van der Waals surface area (Å²) in [4.78, 5) is 2.24. The molecule has 126 valence electrons. The Bertz CT molecular complexity index is 990. The Hall–Kier alpha value is -1.61. The number of halogens is 1. The van der Waals surface area contributed by atoms with Crippen molar-refractivity contribution >= 4 is 49.4 Å². The van der Waals surface area contributed by atoms with E-state index in [1.54, 1.807) is 6.07 Å². The highest BCUT2D eigenvalue weighted by Gasteiger charge is 2.26. The zero-order valence-corrected chi connectivity index (χ0v) is 15.0. The van der Waals surface area contributed by atoms with Crippen LogP contribution in [0.3, 0.4) is 0 Å². The van der Waals surface area contributed by atoms with E-state index in [1.807, 2.05) is 18.2 Å². The first-order chi connectivity index (χ1) is 11.6. The molecule has 2 aromatic heterocycles. The lowest BCUT2D eigenvalue weighted by molar-refractivity contribution is 0.589. The van der Waals surface area contributed by atoms with E-state index in [-0.39, 0.29) is 9.24 Å². The summed E-state index contributed by atoms with van der Waals surface area (Å²) in [5, 5.41) is 10.8. The predicted molar refractivity (Wildman–Crippen MR) is 96.0 cm³/mol. The van der Waals surface area contributed by atoms with Crippen LogP contribution in [-0.2, 0) is 9.84 Å². The molecule has 0 amide bonds. The van der Waals surface area contributed by atoms with Crippen LogP contribution in [0, 0.1) is 0 Å². The lowest BCUT2D eigenvalue weighted by Crippen LogP contribution is -2.43. The average Bonchev–Trinajstić information content (AvgIpc) is 3.22. The SMILES string of the molecule is O=S(=O)(c1ccc(Cl)s1)c1n[nH]c2ccc(N3CCNCC3)cc12. The number of fused-ring (bicyclic) bond motifs is 1. The van der Waals surface area contributed by atoms with Gasteiger partial charge in [-0.1, -0.05) is 11.6 Å². The molecular weight excluding hydrogens is 368 g/mol. The number of aromatic nitrogens is 2. The molecule has 3 aromatic rings. The molecule has 1 aromatic carbocycles.